The van der Waals surface area contributed by atoms with E-state index in [-0.39, 0.29) is 5.56 Å². The summed E-state index contributed by atoms with van der Waals surface area (Å²) in [6.07, 6.45) is 20.8. The number of allylic oxidation sites excluding steroid dienone is 7. The Morgan fingerprint density at radius 2 is 1.89 bits per heavy atom. The van der Waals surface area contributed by atoms with Crippen LogP contribution in [0.5, 0.6) is 0 Å². The first-order chi connectivity index (χ1) is 13.3. The predicted octanol–water partition coefficient (Wildman–Crippen LogP) is 2.90. The van der Waals surface area contributed by atoms with E-state index in [0.29, 0.717) is 17.7 Å². The minimum absolute atomic E-state index is 0.0118. The molecule has 5 rings (SSSR count). The molecule has 0 radical (unpaired) electrons. The van der Waals surface area contributed by atoms with E-state index in [1.807, 2.05) is 42.5 Å². The second kappa shape index (κ2) is 6.51. The van der Waals surface area contributed by atoms with Crippen molar-refractivity contribution in [1.82, 2.24) is 9.55 Å². The molecule has 2 unspecified atom stereocenters. The van der Waals surface area contributed by atoms with Gasteiger partial charge in [0.05, 0.1) is 16.3 Å². The molecule has 1 aromatic heterocycles. The molecule has 3 nitrogen and oxygen atoms in total. The maximum absolute atomic E-state index is 13.3. The Morgan fingerprint density at radius 1 is 1.04 bits per heavy atom. The third-order valence-electron chi connectivity index (χ3n) is 5.26. The molecular weight excluding hydrogens is 332 g/mol. The van der Waals surface area contributed by atoms with Crippen LogP contribution in [0.4, 0.5) is 0 Å². The fourth-order valence-electron chi connectivity index (χ4n) is 3.70. The molecule has 3 heteroatoms. The molecule has 3 aliphatic rings. The smallest absolute Gasteiger partial charge is 0.265 e. The van der Waals surface area contributed by atoms with Gasteiger partial charge >= 0.3 is 0 Å². The van der Waals surface area contributed by atoms with E-state index in [0.717, 1.165) is 34.7 Å². The Bertz CT molecular complexity index is 1190. The van der Waals surface area contributed by atoms with Crippen LogP contribution < -0.4 is 16.1 Å². The molecule has 27 heavy (non-hydrogen) atoms. The van der Waals surface area contributed by atoms with Crippen LogP contribution in [-0.2, 0) is 0 Å². The number of hydrogen-bond donors (Lipinski definition) is 0. The molecule has 0 spiro atoms. The molecular formula is C24H20N2O. The Hall–Kier alpha value is -3.20. The van der Waals surface area contributed by atoms with Gasteiger partial charge in [-0.1, -0.05) is 66.8 Å². The van der Waals surface area contributed by atoms with Crippen LogP contribution in [0.1, 0.15) is 18.7 Å². The molecule has 132 valence electrons. The van der Waals surface area contributed by atoms with Crippen molar-refractivity contribution in [3.8, 4) is 5.69 Å². The molecule has 1 aromatic carbocycles. The van der Waals surface area contributed by atoms with Gasteiger partial charge in [0.1, 0.15) is 5.82 Å². The van der Waals surface area contributed by atoms with Crippen LogP contribution in [0.3, 0.4) is 0 Å². The molecule has 0 N–H and O–H groups in total. The average Bonchev–Trinajstić information content (AvgIpc) is 3.49. The summed E-state index contributed by atoms with van der Waals surface area (Å²) >= 11 is 0. The molecule has 0 amide bonds. The van der Waals surface area contributed by atoms with Gasteiger partial charge in [-0.2, -0.15) is 0 Å². The monoisotopic (exact) mass is 352 g/mol. The summed E-state index contributed by atoms with van der Waals surface area (Å²) in [5.74, 6) is 1.74. The van der Waals surface area contributed by atoms with E-state index < -0.39 is 0 Å². The lowest BCUT2D eigenvalue weighted by Gasteiger charge is -2.11. The summed E-state index contributed by atoms with van der Waals surface area (Å²) < 4.78 is 1.72. The molecule has 2 aromatic rings. The highest BCUT2D eigenvalue weighted by Crippen LogP contribution is 2.41. The summed E-state index contributed by atoms with van der Waals surface area (Å²) in [6, 6.07) is 9.75. The van der Waals surface area contributed by atoms with Crippen LogP contribution in [0, 0.1) is 11.8 Å². The zero-order chi connectivity index (χ0) is 18.2. The van der Waals surface area contributed by atoms with Gasteiger partial charge in [0, 0.05) is 0 Å². The van der Waals surface area contributed by atoms with Crippen LogP contribution in [0.15, 0.2) is 77.2 Å². The number of aromatic nitrogens is 2. The van der Waals surface area contributed by atoms with Crippen LogP contribution in [-0.4, -0.2) is 9.55 Å². The Labute approximate surface area is 157 Å². The molecule has 0 saturated heterocycles. The van der Waals surface area contributed by atoms with Gasteiger partial charge in [0.15, 0.2) is 0 Å². The molecule has 1 fully saturated rings. The number of benzene rings is 1. The van der Waals surface area contributed by atoms with Crippen LogP contribution in [0.25, 0.3) is 23.9 Å². The number of hydrogen-bond acceptors (Lipinski definition) is 2. The van der Waals surface area contributed by atoms with Gasteiger partial charge in [0.2, 0.25) is 0 Å². The number of rotatable bonds is 3. The van der Waals surface area contributed by atoms with E-state index in [1.165, 1.54) is 0 Å². The van der Waals surface area contributed by atoms with Gasteiger partial charge in [-0.25, -0.2) is 4.98 Å². The second-order valence-corrected chi connectivity index (χ2v) is 7.21. The summed E-state index contributed by atoms with van der Waals surface area (Å²) in [6.45, 7) is 0. The largest absolute Gasteiger partial charge is 0.268 e. The van der Waals surface area contributed by atoms with E-state index in [4.69, 9.17) is 4.98 Å². The summed E-state index contributed by atoms with van der Waals surface area (Å²) in [7, 11) is 0. The Kier molecular flexibility index (Phi) is 3.86. The first-order valence-electron chi connectivity index (χ1n) is 9.43. The van der Waals surface area contributed by atoms with Crippen molar-refractivity contribution in [3.63, 3.8) is 0 Å². The normalized spacial score (nSPS) is 22.3. The predicted molar refractivity (Wildman–Crippen MR) is 110 cm³/mol. The van der Waals surface area contributed by atoms with Crippen molar-refractivity contribution in [3.05, 3.63) is 99.1 Å². The number of para-hydroxylation sites is 1. The maximum Gasteiger partial charge on any atom is 0.265 e. The molecule has 2 atom stereocenters. The summed E-state index contributed by atoms with van der Waals surface area (Å²) in [5, 5.41) is 1.57. The first kappa shape index (κ1) is 16.0. The third-order valence-corrected chi connectivity index (χ3v) is 5.26. The van der Waals surface area contributed by atoms with Crippen molar-refractivity contribution in [2.24, 2.45) is 11.8 Å². The Morgan fingerprint density at radius 3 is 2.78 bits per heavy atom. The Balaban J connectivity index is 1.71. The van der Waals surface area contributed by atoms with Crippen molar-refractivity contribution >= 4 is 18.2 Å². The molecule has 0 bridgehead atoms. The molecule has 1 saturated carbocycles. The highest BCUT2D eigenvalue weighted by atomic mass is 16.1. The molecule has 3 aliphatic carbocycles. The van der Waals surface area contributed by atoms with Gasteiger partial charge in [0.25, 0.3) is 5.56 Å². The number of fused-ring (bicyclic) bond motifs is 2. The lowest BCUT2D eigenvalue weighted by atomic mass is 10.1. The van der Waals surface area contributed by atoms with E-state index in [9.17, 15) is 4.79 Å². The highest BCUT2D eigenvalue weighted by molar-refractivity contribution is 5.55. The zero-order valence-electron chi connectivity index (χ0n) is 15.0. The zero-order valence-corrected chi connectivity index (χ0v) is 15.0. The lowest BCUT2D eigenvalue weighted by molar-refractivity contribution is 0.871. The van der Waals surface area contributed by atoms with Gasteiger partial charge in [-0.3, -0.25) is 9.36 Å². The van der Waals surface area contributed by atoms with Crippen molar-refractivity contribution in [2.75, 3.05) is 0 Å². The summed E-state index contributed by atoms with van der Waals surface area (Å²) in [5.41, 5.74) is 1.94. The van der Waals surface area contributed by atoms with Crippen molar-refractivity contribution in [1.29, 1.82) is 0 Å². The first-order valence-corrected chi connectivity index (χ1v) is 9.43. The highest BCUT2D eigenvalue weighted by Gasteiger charge is 2.35. The van der Waals surface area contributed by atoms with Crippen LogP contribution in [0.2, 0.25) is 0 Å². The van der Waals surface area contributed by atoms with Gasteiger partial charge in [-0.05, 0) is 48.5 Å². The fourth-order valence-corrected chi connectivity index (χ4v) is 3.70. The van der Waals surface area contributed by atoms with Crippen molar-refractivity contribution < 1.29 is 0 Å². The van der Waals surface area contributed by atoms with Gasteiger partial charge < -0.3 is 0 Å². The van der Waals surface area contributed by atoms with Crippen molar-refractivity contribution in [2.45, 2.75) is 12.8 Å². The molecule has 1 heterocycles. The van der Waals surface area contributed by atoms with Gasteiger partial charge in [-0.15, -0.1) is 0 Å². The maximum atomic E-state index is 13.3. The topological polar surface area (TPSA) is 34.9 Å². The summed E-state index contributed by atoms with van der Waals surface area (Å²) in [4.78, 5) is 18.2. The SMILES string of the molecule is O=c1c2c(nc(/C=C/C3=CC=CCC=C3)n1-c1ccccc1)=CC1CC1C=2. The fraction of sp³-hybridized carbons (Fsp3) is 0.167. The standard InChI is InChI=1S/C24H20N2O/c27-24-21-15-18-14-19(18)16-22(21)25-23(26(24)20-10-6-3-7-11-20)13-12-17-8-4-1-2-5-9-17/h1,3-13,15-16,18-19H,2,14H2/b13-12+. The van der Waals surface area contributed by atoms with E-state index in [1.54, 1.807) is 4.57 Å². The minimum Gasteiger partial charge on any atom is -0.268 e. The molecule has 0 aliphatic heterocycles. The second-order valence-electron chi connectivity index (χ2n) is 7.21. The van der Waals surface area contributed by atoms with Crippen LogP contribution >= 0.6 is 0 Å². The quantitative estimate of drug-likeness (QED) is 0.851. The number of nitrogens with zero attached hydrogens (tertiary/aromatic N) is 2. The van der Waals surface area contributed by atoms with E-state index >= 15 is 0 Å². The average molecular weight is 352 g/mol. The lowest BCUT2D eigenvalue weighted by Crippen LogP contribution is -2.48. The van der Waals surface area contributed by atoms with E-state index in [2.05, 4.69) is 42.5 Å². The third kappa shape index (κ3) is 3.06. The minimum atomic E-state index is 0.0118.